The summed E-state index contributed by atoms with van der Waals surface area (Å²) in [5.74, 6) is -1.91. The Balaban J connectivity index is 1.31. The molecule has 36 heavy (non-hydrogen) atoms. The van der Waals surface area contributed by atoms with Gasteiger partial charge >= 0.3 is 0 Å². The van der Waals surface area contributed by atoms with Crippen LogP contribution in [-0.2, 0) is 0 Å². The Labute approximate surface area is 211 Å². The third-order valence-corrected chi connectivity index (χ3v) is 6.00. The molecule has 3 heterocycles. The Hall–Kier alpha value is -3.83. The lowest BCUT2D eigenvalue weighted by molar-refractivity contribution is 0.0929. The molecule has 4 N–H and O–H groups in total. The van der Waals surface area contributed by atoms with E-state index in [2.05, 4.69) is 35.8 Å². The van der Waals surface area contributed by atoms with E-state index >= 15 is 0 Å². The Morgan fingerprint density at radius 1 is 1.00 bits per heavy atom. The number of nitrogens with zero attached hydrogens (tertiary/aromatic N) is 3. The van der Waals surface area contributed by atoms with Crippen LogP contribution in [0.5, 0.6) is 0 Å². The van der Waals surface area contributed by atoms with Crippen molar-refractivity contribution in [2.24, 2.45) is 0 Å². The molecule has 3 aromatic rings. The van der Waals surface area contributed by atoms with Gasteiger partial charge in [0.25, 0.3) is 17.7 Å². The van der Waals surface area contributed by atoms with Crippen LogP contribution in [0.1, 0.15) is 50.6 Å². The van der Waals surface area contributed by atoms with Gasteiger partial charge in [-0.05, 0) is 56.3 Å². The average molecular weight is 514 g/mol. The summed E-state index contributed by atoms with van der Waals surface area (Å²) in [5, 5.41) is 7.98. The largest absolute Gasteiger partial charge is 0.349 e. The van der Waals surface area contributed by atoms with Crippen molar-refractivity contribution in [2.45, 2.75) is 19.3 Å². The van der Waals surface area contributed by atoms with Crippen molar-refractivity contribution in [2.75, 3.05) is 36.8 Å². The van der Waals surface area contributed by atoms with Gasteiger partial charge in [0.05, 0.1) is 28.8 Å². The standard InChI is InChI=1S/C24H25ClFN7O3/c25-18-12-15(26)4-6-17(18)22(34)32-19-7-5-16(13-28-19)31-24(36)21-20(29-14-30-21)23(35)27-8-11-33-9-2-1-3-10-33/h4-7,12-14H,1-3,8-11H2,(H,27,35)(H,29,30)(H,31,36)(H,28,32,34). The van der Waals surface area contributed by atoms with E-state index in [-0.39, 0.29) is 27.8 Å². The van der Waals surface area contributed by atoms with Gasteiger partial charge in [0, 0.05) is 13.1 Å². The number of aromatic nitrogens is 3. The predicted octanol–water partition coefficient (Wildman–Crippen LogP) is 3.32. The van der Waals surface area contributed by atoms with E-state index in [0.29, 0.717) is 12.2 Å². The number of rotatable bonds is 8. The van der Waals surface area contributed by atoms with Crippen molar-refractivity contribution >= 4 is 40.8 Å². The number of hydrogen-bond acceptors (Lipinski definition) is 6. The fraction of sp³-hybridized carbons (Fsp3) is 0.292. The van der Waals surface area contributed by atoms with Crippen molar-refractivity contribution in [3.05, 3.63) is 70.6 Å². The van der Waals surface area contributed by atoms with Gasteiger partial charge in [0.1, 0.15) is 17.3 Å². The molecule has 4 rings (SSSR count). The molecule has 1 fully saturated rings. The molecule has 1 saturated heterocycles. The minimum absolute atomic E-state index is 0.000775. The van der Waals surface area contributed by atoms with Crippen LogP contribution in [0.4, 0.5) is 15.9 Å². The highest BCUT2D eigenvalue weighted by atomic mass is 35.5. The first-order valence-electron chi connectivity index (χ1n) is 11.5. The molecule has 188 valence electrons. The van der Waals surface area contributed by atoms with Crippen molar-refractivity contribution < 1.29 is 18.8 Å². The van der Waals surface area contributed by atoms with Gasteiger partial charge in [-0.1, -0.05) is 18.0 Å². The maximum Gasteiger partial charge on any atom is 0.274 e. The number of benzene rings is 1. The summed E-state index contributed by atoms with van der Waals surface area (Å²) >= 11 is 5.91. The van der Waals surface area contributed by atoms with Gasteiger partial charge in [-0.2, -0.15) is 0 Å². The molecule has 0 radical (unpaired) electrons. The van der Waals surface area contributed by atoms with Crippen LogP contribution in [0.2, 0.25) is 5.02 Å². The number of H-pyrrole nitrogens is 1. The lowest BCUT2D eigenvalue weighted by atomic mass is 10.1. The highest BCUT2D eigenvalue weighted by Gasteiger charge is 2.21. The van der Waals surface area contributed by atoms with Crippen molar-refractivity contribution in [3.63, 3.8) is 0 Å². The topological polar surface area (TPSA) is 132 Å². The summed E-state index contributed by atoms with van der Waals surface area (Å²) in [6.45, 7) is 3.28. The van der Waals surface area contributed by atoms with Crippen LogP contribution < -0.4 is 16.0 Å². The van der Waals surface area contributed by atoms with Crippen LogP contribution in [0, 0.1) is 5.82 Å². The summed E-state index contributed by atoms with van der Waals surface area (Å²) in [6, 6.07) is 6.45. The van der Waals surface area contributed by atoms with Crippen molar-refractivity contribution in [1.82, 2.24) is 25.2 Å². The molecule has 3 amide bonds. The molecule has 0 unspecified atom stereocenters. The number of halogens is 2. The van der Waals surface area contributed by atoms with E-state index < -0.39 is 23.5 Å². The maximum atomic E-state index is 13.2. The maximum absolute atomic E-state index is 13.2. The van der Waals surface area contributed by atoms with Crippen LogP contribution in [0.3, 0.4) is 0 Å². The number of pyridine rings is 1. The van der Waals surface area contributed by atoms with Gasteiger partial charge in [0.2, 0.25) is 0 Å². The molecule has 1 aliphatic rings. The van der Waals surface area contributed by atoms with Crippen LogP contribution >= 0.6 is 11.6 Å². The number of imidazole rings is 1. The van der Waals surface area contributed by atoms with Crippen molar-refractivity contribution in [1.29, 1.82) is 0 Å². The predicted molar refractivity (Wildman–Crippen MR) is 133 cm³/mol. The first-order valence-corrected chi connectivity index (χ1v) is 11.9. The van der Waals surface area contributed by atoms with Gasteiger partial charge in [-0.3, -0.25) is 14.4 Å². The number of carbonyl (C=O) groups excluding carboxylic acids is 3. The summed E-state index contributed by atoms with van der Waals surface area (Å²) in [7, 11) is 0. The van der Waals surface area contributed by atoms with E-state index in [0.717, 1.165) is 31.8 Å². The third kappa shape index (κ3) is 6.43. The molecular formula is C24H25ClFN7O3. The lowest BCUT2D eigenvalue weighted by Crippen LogP contribution is -2.38. The lowest BCUT2D eigenvalue weighted by Gasteiger charge is -2.26. The van der Waals surface area contributed by atoms with E-state index in [1.165, 1.54) is 50.0 Å². The molecular weight excluding hydrogens is 489 g/mol. The zero-order chi connectivity index (χ0) is 25.5. The van der Waals surface area contributed by atoms with E-state index in [1.807, 2.05) is 0 Å². The SMILES string of the molecule is O=C(Nc1ccc(NC(=O)c2[nH]cnc2C(=O)NCCN2CCCCC2)cn1)c1ccc(F)cc1Cl. The molecule has 0 atom stereocenters. The van der Waals surface area contributed by atoms with Gasteiger partial charge in [0.15, 0.2) is 5.69 Å². The molecule has 0 spiro atoms. The average Bonchev–Trinajstić information content (AvgIpc) is 3.36. The van der Waals surface area contributed by atoms with Crippen molar-refractivity contribution in [3.8, 4) is 0 Å². The second-order valence-corrected chi connectivity index (χ2v) is 8.66. The number of likely N-dealkylation sites (tertiary alicyclic amines) is 1. The minimum atomic E-state index is -0.564. The fourth-order valence-corrected chi connectivity index (χ4v) is 4.08. The molecule has 1 aliphatic heterocycles. The van der Waals surface area contributed by atoms with Gasteiger partial charge in [-0.25, -0.2) is 14.4 Å². The minimum Gasteiger partial charge on any atom is -0.349 e. The number of amides is 3. The molecule has 12 heteroatoms. The molecule has 1 aromatic carbocycles. The smallest absolute Gasteiger partial charge is 0.274 e. The second-order valence-electron chi connectivity index (χ2n) is 8.25. The highest BCUT2D eigenvalue weighted by Crippen LogP contribution is 2.19. The molecule has 0 saturated carbocycles. The highest BCUT2D eigenvalue weighted by molar-refractivity contribution is 6.34. The fourth-order valence-electron chi connectivity index (χ4n) is 3.83. The molecule has 0 aliphatic carbocycles. The Morgan fingerprint density at radius 2 is 1.81 bits per heavy atom. The zero-order valence-electron chi connectivity index (χ0n) is 19.3. The number of anilines is 2. The second kappa shape index (κ2) is 11.7. The molecule has 10 nitrogen and oxygen atoms in total. The van der Waals surface area contributed by atoms with E-state index in [4.69, 9.17) is 11.6 Å². The summed E-state index contributed by atoms with van der Waals surface area (Å²) in [6.07, 6.45) is 6.21. The number of carbonyl (C=O) groups is 3. The summed E-state index contributed by atoms with van der Waals surface area (Å²) in [4.78, 5) is 50.7. The Bertz CT molecular complexity index is 1240. The van der Waals surface area contributed by atoms with Crippen LogP contribution in [0.15, 0.2) is 42.9 Å². The summed E-state index contributed by atoms with van der Waals surface area (Å²) < 4.78 is 13.2. The number of hydrogen-bond donors (Lipinski definition) is 4. The number of aromatic amines is 1. The monoisotopic (exact) mass is 513 g/mol. The van der Waals surface area contributed by atoms with E-state index in [9.17, 15) is 18.8 Å². The Kier molecular flexibility index (Phi) is 8.24. The zero-order valence-corrected chi connectivity index (χ0v) is 20.1. The number of nitrogens with one attached hydrogen (secondary N) is 4. The quantitative estimate of drug-likeness (QED) is 0.365. The Morgan fingerprint density at radius 3 is 2.53 bits per heavy atom. The first kappa shape index (κ1) is 25.3. The van der Waals surface area contributed by atoms with Crippen LogP contribution in [0.25, 0.3) is 0 Å². The first-order chi connectivity index (χ1) is 17.4. The normalized spacial score (nSPS) is 13.7. The molecule has 2 aromatic heterocycles. The van der Waals surface area contributed by atoms with Gasteiger partial charge < -0.3 is 25.8 Å². The third-order valence-electron chi connectivity index (χ3n) is 5.68. The molecule has 0 bridgehead atoms. The van der Waals surface area contributed by atoms with E-state index in [1.54, 1.807) is 0 Å². The van der Waals surface area contributed by atoms with Gasteiger partial charge in [-0.15, -0.1) is 0 Å². The summed E-state index contributed by atoms with van der Waals surface area (Å²) in [5.41, 5.74) is 0.454. The number of piperidine rings is 1. The van der Waals surface area contributed by atoms with Crippen LogP contribution in [-0.4, -0.2) is 63.8 Å².